The molecule has 0 N–H and O–H groups in total. The quantitative estimate of drug-likeness (QED) is 0.421. The molecule has 0 bridgehead atoms. The molecule has 1 rings (SSSR count). The molecule has 0 unspecified atom stereocenters. The van der Waals surface area contributed by atoms with E-state index < -0.39 is 0 Å². The second-order valence-electron chi connectivity index (χ2n) is 4.06. The molecule has 1 aromatic rings. The number of carbonyl (C=O) groups is 2. The van der Waals surface area contributed by atoms with Crippen molar-refractivity contribution in [3.05, 3.63) is 48.2 Å². The summed E-state index contributed by atoms with van der Waals surface area (Å²) in [5, 5.41) is 0. The standard InChI is InChI=1S/C15H18O3/c1-3-5-6-14(16)13-9-7-12(8-10-13)11-15(17)18-4-2/h4,7-10H,2-3,5-6,11H2,1H3. The first kappa shape index (κ1) is 14.2. The molecule has 0 spiro atoms. The molecule has 0 aliphatic heterocycles. The minimum Gasteiger partial charge on any atom is -0.435 e. The van der Waals surface area contributed by atoms with Crippen LogP contribution in [-0.2, 0) is 16.0 Å². The summed E-state index contributed by atoms with van der Waals surface area (Å²) in [7, 11) is 0. The molecule has 0 atom stereocenters. The largest absolute Gasteiger partial charge is 0.435 e. The first-order chi connectivity index (χ1) is 8.67. The number of hydrogen-bond acceptors (Lipinski definition) is 3. The third-order valence-electron chi connectivity index (χ3n) is 2.60. The van der Waals surface area contributed by atoms with Crippen LogP contribution in [0.5, 0.6) is 0 Å². The molecular formula is C15H18O3. The highest BCUT2D eigenvalue weighted by molar-refractivity contribution is 5.96. The first-order valence-corrected chi connectivity index (χ1v) is 6.10. The SMILES string of the molecule is C=COC(=O)Cc1ccc(C(=O)CCCC)cc1. The Bertz CT molecular complexity index is 418. The number of Topliss-reactive ketones (excluding diaryl/α,β-unsaturated/α-hetero) is 1. The topological polar surface area (TPSA) is 43.4 Å². The fourth-order valence-electron chi connectivity index (χ4n) is 1.59. The molecule has 0 radical (unpaired) electrons. The molecule has 0 saturated heterocycles. The van der Waals surface area contributed by atoms with Gasteiger partial charge in [-0.15, -0.1) is 0 Å². The Hall–Kier alpha value is -1.90. The van der Waals surface area contributed by atoms with Crippen molar-refractivity contribution in [3.8, 4) is 0 Å². The first-order valence-electron chi connectivity index (χ1n) is 6.10. The Balaban J connectivity index is 2.59. The maximum atomic E-state index is 11.7. The van der Waals surface area contributed by atoms with Gasteiger partial charge >= 0.3 is 5.97 Å². The van der Waals surface area contributed by atoms with Crippen molar-refractivity contribution in [1.82, 2.24) is 0 Å². The van der Waals surface area contributed by atoms with Gasteiger partial charge in [0.05, 0.1) is 12.7 Å². The molecule has 0 aliphatic carbocycles. The lowest BCUT2D eigenvalue weighted by molar-refractivity contribution is -0.137. The number of ketones is 1. The summed E-state index contributed by atoms with van der Waals surface area (Å²) in [6.45, 7) is 5.38. The summed E-state index contributed by atoms with van der Waals surface area (Å²) >= 11 is 0. The zero-order valence-corrected chi connectivity index (χ0v) is 10.6. The Morgan fingerprint density at radius 2 is 1.94 bits per heavy atom. The average Bonchev–Trinajstić information content (AvgIpc) is 2.37. The fraction of sp³-hybridized carbons (Fsp3) is 0.333. The van der Waals surface area contributed by atoms with Gasteiger partial charge in [0.1, 0.15) is 0 Å². The molecular weight excluding hydrogens is 228 g/mol. The Morgan fingerprint density at radius 1 is 1.28 bits per heavy atom. The zero-order chi connectivity index (χ0) is 13.4. The van der Waals surface area contributed by atoms with Crippen molar-refractivity contribution >= 4 is 11.8 Å². The second kappa shape index (κ2) is 7.43. The van der Waals surface area contributed by atoms with Crippen LogP contribution in [0.2, 0.25) is 0 Å². The molecule has 0 amide bonds. The van der Waals surface area contributed by atoms with Gasteiger partial charge in [0.2, 0.25) is 0 Å². The van der Waals surface area contributed by atoms with Gasteiger partial charge in [-0.1, -0.05) is 44.2 Å². The third kappa shape index (κ3) is 4.53. The number of carbonyl (C=O) groups excluding carboxylic acids is 2. The molecule has 0 aromatic heterocycles. The van der Waals surface area contributed by atoms with Crippen molar-refractivity contribution < 1.29 is 14.3 Å². The maximum absolute atomic E-state index is 11.7. The Morgan fingerprint density at radius 3 is 2.50 bits per heavy atom. The predicted molar refractivity (Wildman–Crippen MR) is 70.3 cm³/mol. The summed E-state index contributed by atoms with van der Waals surface area (Å²) < 4.78 is 4.63. The van der Waals surface area contributed by atoms with E-state index in [1.54, 1.807) is 24.3 Å². The third-order valence-corrected chi connectivity index (χ3v) is 2.60. The number of esters is 1. The summed E-state index contributed by atoms with van der Waals surface area (Å²) in [6.07, 6.45) is 3.80. The normalized spacial score (nSPS) is 9.83. The van der Waals surface area contributed by atoms with Gasteiger partial charge in [-0.2, -0.15) is 0 Å². The molecule has 18 heavy (non-hydrogen) atoms. The van der Waals surface area contributed by atoms with E-state index in [0.717, 1.165) is 24.7 Å². The molecule has 0 fully saturated rings. The molecule has 96 valence electrons. The van der Waals surface area contributed by atoms with Crippen LogP contribution in [-0.4, -0.2) is 11.8 Å². The van der Waals surface area contributed by atoms with E-state index in [9.17, 15) is 9.59 Å². The molecule has 3 heteroatoms. The molecule has 0 saturated carbocycles. The van der Waals surface area contributed by atoms with Crippen LogP contribution in [0, 0.1) is 0 Å². The second-order valence-corrected chi connectivity index (χ2v) is 4.06. The van der Waals surface area contributed by atoms with Crippen LogP contribution in [0.25, 0.3) is 0 Å². The molecule has 0 aliphatic rings. The van der Waals surface area contributed by atoms with E-state index in [4.69, 9.17) is 0 Å². The number of rotatable bonds is 7. The molecule has 3 nitrogen and oxygen atoms in total. The zero-order valence-electron chi connectivity index (χ0n) is 10.6. The maximum Gasteiger partial charge on any atom is 0.315 e. The van der Waals surface area contributed by atoms with Gasteiger partial charge in [-0.3, -0.25) is 9.59 Å². The lowest BCUT2D eigenvalue weighted by Crippen LogP contribution is -2.04. The van der Waals surface area contributed by atoms with Gasteiger partial charge in [0.25, 0.3) is 0 Å². The predicted octanol–water partition coefficient (Wildman–Crippen LogP) is 3.29. The van der Waals surface area contributed by atoms with E-state index in [-0.39, 0.29) is 18.2 Å². The summed E-state index contributed by atoms with van der Waals surface area (Å²) in [4.78, 5) is 22.9. The smallest absolute Gasteiger partial charge is 0.315 e. The number of hydrogen-bond donors (Lipinski definition) is 0. The van der Waals surface area contributed by atoms with Crippen LogP contribution in [0.3, 0.4) is 0 Å². The van der Waals surface area contributed by atoms with Crippen LogP contribution >= 0.6 is 0 Å². The van der Waals surface area contributed by atoms with E-state index in [1.165, 1.54) is 0 Å². The van der Waals surface area contributed by atoms with Crippen LogP contribution in [0.15, 0.2) is 37.1 Å². The minimum absolute atomic E-state index is 0.150. The Kier molecular flexibility index (Phi) is 5.85. The molecule has 1 aromatic carbocycles. The highest BCUT2D eigenvalue weighted by Gasteiger charge is 2.07. The van der Waals surface area contributed by atoms with Crippen molar-refractivity contribution in [2.24, 2.45) is 0 Å². The number of ether oxygens (including phenoxy) is 1. The van der Waals surface area contributed by atoms with Crippen molar-refractivity contribution in [1.29, 1.82) is 0 Å². The van der Waals surface area contributed by atoms with Crippen molar-refractivity contribution in [2.75, 3.05) is 0 Å². The minimum atomic E-state index is -0.352. The van der Waals surface area contributed by atoms with E-state index >= 15 is 0 Å². The van der Waals surface area contributed by atoms with Crippen LogP contribution in [0.1, 0.15) is 42.1 Å². The monoisotopic (exact) mass is 246 g/mol. The lowest BCUT2D eigenvalue weighted by Gasteiger charge is -2.03. The van der Waals surface area contributed by atoms with Crippen LogP contribution < -0.4 is 0 Å². The van der Waals surface area contributed by atoms with Gasteiger partial charge in [0.15, 0.2) is 5.78 Å². The fourth-order valence-corrected chi connectivity index (χ4v) is 1.59. The molecule has 0 heterocycles. The summed E-state index contributed by atoms with van der Waals surface area (Å²) in [5.74, 6) is -0.202. The highest BCUT2D eigenvalue weighted by Crippen LogP contribution is 2.10. The van der Waals surface area contributed by atoms with E-state index in [1.807, 2.05) is 0 Å². The summed E-state index contributed by atoms with van der Waals surface area (Å²) in [5.41, 5.74) is 1.53. The number of benzene rings is 1. The van der Waals surface area contributed by atoms with Gasteiger partial charge in [0, 0.05) is 12.0 Å². The van der Waals surface area contributed by atoms with E-state index in [0.29, 0.717) is 12.0 Å². The number of unbranched alkanes of at least 4 members (excludes halogenated alkanes) is 1. The highest BCUT2D eigenvalue weighted by atomic mass is 16.5. The van der Waals surface area contributed by atoms with Gasteiger partial charge < -0.3 is 4.74 Å². The van der Waals surface area contributed by atoms with Crippen molar-refractivity contribution in [3.63, 3.8) is 0 Å². The lowest BCUT2D eigenvalue weighted by atomic mass is 10.0. The Labute approximate surface area is 107 Å². The van der Waals surface area contributed by atoms with Crippen LogP contribution in [0.4, 0.5) is 0 Å². The van der Waals surface area contributed by atoms with Gasteiger partial charge in [-0.05, 0) is 12.0 Å². The summed E-state index contributed by atoms with van der Waals surface area (Å²) in [6, 6.07) is 7.08. The van der Waals surface area contributed by atoms with Crippen molar-refractivity contribution in [2.45, 2.75) is 32.6 Å². The van der Waals surface area contributed by atoms with Gasteiger partial charge in [-0.25, -0.2) is 0 Å². The average molecular weight is 246 g/mol. The van der Waals surface area contributed by atoms with E-state index in [2.05, 4.69) is 18.2 Å².